The van der Waals surface area contributed by atoms with Crippen molar-refractivity contribution in [2.75, 3.05) is 7.11 Å². The van der Waals surface area contributed by atoms with Gasteiger partial charge in [-0.2, -0.15) is 5.10 Å². The Balaban J connectivity index is 1.49. The molecule has 1 aromatic heterocycles. The molecule has 1 aliphatic rings. The molecule has 6 nitrogen and oxygen atoms in total. The van der Waals surface area contributed by atoms with E-state index in [4.69, 9.17) is 4.74 Å². The molecule has 3 aromatic rings. The maximum Gasteiger partial charge on any atom is 0.257 e. The summed E-state index contributed by atoms with van der Waals surface area (Å²) in [4.78, 5) is 16.1. The average molecular weight is 362 g/mol. The van der Waals surface area contributed by atoms with E-state index >= 15 is 0 Å². The molecule has 27 heavy (non-hydrogen) atoms. The Morgan fingerprint density at radius 2 is 2.00 bits per heavy atom. The first-order valence-electron chi connectivity index (χ1n) is 8.99. The van der Waals surface area contributed by atoms with E-state index in [-0.39, 0.29) is 18.0 Å². The number of amides is 1. The molecule has 0 unspecified atom stereocenters. The number of fused-ring (bicyclic) bond motifs is 3. The lowest BCUT2D eigenvalue weighted by molar-refractivity contribution is -0.123. The van der Waals surface area contributed by atoms with Crippen molar-refractivity contribution >= 4 is 23.0 Å². The van der Waals surface area contributed by atoms with E-state index in [1.165, 1.54) is 10.9 Å². The number of para-hydroxylation sites is 2. The molecule has 0 spiro atoms. The Labute approximate surface area is 157 Å². The number of hydrazone groups is 1. The highest BCUT2D eigenvalue weighted by Crippen LogP contribution is 2.31. The van der Waals surface area contributed by atoms with Gasteiger partial charge in [-0.25, -0.2) is 5.43 Å². The molecule has 1 amide bonds. The number of methoxy groups -OCH3 is 1. The van der Waals surface area contributed by atoms with Gasteiger partial charge in [0.15, 0.2) is 0 Å². The predicted octanol–water partition coefficient (Wildman–Crippen LogP) is 2.90. The molecule has 2 atom stereocenters. The SMILES string of the molecule is COc1ccccc1/C=N/NC(=O)[C@@H]1Cc2c([nH]c3ccccc23)[C@H](C)N1. The van der Waals surface area contributed by atoms with Crippen molar-refractivity contribution in [1.29, 1.82) is 0 Å². The summed E-state index contributed by atoms with van der Waals surface area (Å²) in [7, 11) is 1.61. The molecule has 2 heterocycles. The van der Waals surface area contributed by atoms with Crippen molar-refractivity contribution < 1.29 is 9.53 Å². The molecule has 2 aromatic carbocycles. The van der Waals surface area contributed by atoms with Crippen LogP contribution in [0.4, 0.5) is 0 Å². The summed E-state index contributed by atoms with van der Waals surface area (Å²) in [5, 5.41) is 8.64. The van der Waals surface area contributed by atoms with Crippen LogP contribution >= 0.6 is 0 Å². The Morgan fingerprint density at radius 3 is 2.85 bits per heavy atom. The molecule has 0 aliphatic carbocycles. The minimum Gasteiger partial charge on any atom is -0.496 e. The summed E-state index contributed by atoms with van der Waals surface area (Å²) < 4.78 is 5.28. The molecule has 0 radical (unpaired) electrons. The lowest BCUT2D eigenvalue weighted by atomic mass is 9.94. The second-order valence-electron chi connectivity index (χ2n) is 6.68. The van der Waals surface area contributed by atoms with Gasteiger partial charge in [-0.05, 0) is 37.1 Å². The highest BCUT2D eigenvalue weighted by molar-refractivity contribution is 5.89. The number of hydrogen-bond acceptors (Lipinski definition) is 4. The molecule has 138 valence electrons. The van der Waals surface area contributed by atoms with E-state index in [2.05, 4.69) is 39.9 Å². The molecule has 0 saturated carbocycles. The van der Waals surface area contributed by atoms with E-state index in [0.717, 1.165) is 16.8 Å². The summed E-state index contributed by atoms with van der Waals surface area (Å²) in [6.07, 6.45) is 2.22. The van der Waals surface area contributed by atoms with Gasteiger partial charge in [-0.3, -0.25) is 10.1 Å². The van der Waals surface area contributed by atoms with Crippen LogP contribution in [-0.2, 0) is 11.2 Å². The Kier molecular flexibility index (Phi) is 4.64. The number of carbonyl (C=O) groups is 1. The van der Waals surface area contributed by atoms with Crippen molar-refractivity contribution in [2.45, 2.75) is 25.4 Å². The third-order valence-corrected chi connectivity index (χ3v) is 4.97. The number of hydrogen-bond donors (Lipinski definition) is 3. The molecule has 3 N–H and O–H groups in total. The van der Waals surface area contributed by atoms with E-state index in [1.807, 2.05) is 36.4 Å². The molecule has 0 saturated heterocycles. The molecular formula is C21H22N4O2. The van der Waals surface area contributed by atoms with Gasteiger partial charge in [-0.15, -0.1) is 0 Å². The van der Waals surface area contributed by atoms with E-state index in [0.29, 0.717) is 12.2 Å². The molecule has 0 fully saturated rings. The summed E-state index contributed by atoms with van der Waals surface area (Å²) in [5.41, 5.74) is 6.91. The fourth-order valence-electron chi connectivity index (χ4n) is 3.64. The number of carbonyl (C=O) groups excluding carboxylic acids is 1. The third kappa shape index (κ3) is 3.31. The second kappa shape index (κ2) is 7.25. The zero-order chi connectivity index (χ0) is 18.8. The summed E-state index contributed by atoms with van der Waals surface area (Å²) in [5.74, 6) is 0.562. The number of ether oxygens (including phenoxy) is 1. The lowest BCUT2D eigenvalue weighted by Crippen LogP contribution is -2.47. The number of aromatic amines is 1. The monoisotopic (exact) mass is 362 g/mol. The normalized spacial score (nSPS) is 19.2. The van der Waals surface area contributed by atoms with Crippen LogP contribution < -0.4 is 15.5 Å². The quantitative estimate of drug-likeness (QED) is 0.493. The maximum atomic E-state index is 12.6. The average Bonchev–Trinajstić information content (AvgIpc) is 3.08. The lowest BCUT2D eigenvalue weighted by Gasteiger charge is -2.27. The van der Waals surface area contributed by atoms with Crippen LogP contribution in [0.5, 0.6) is 5.75 Å². The van der Waals surface area contributed by atoms with Gasteiger partial charge < -0.3 is 9.72 Å². The molecule has 1 aliphatic heterocycles. The largest absolute Gasteiger partial charge is 0.496 e. The number of rotatable bonds is 4. The summed E-state index contributed by atoms with van der Waals surface area (Å²) in [6, 6.07) is 15.4. The van der Waals surface area contributed by atoms with Crippen LogP contribution in [0.3, 0.4) is 0 Å². The summed E-state index contributed by atoms with van der Waals surface area (Å²) in [6.45, 7) is 2.06. The zero-order valence-electron chi connectivity index (χ0n) is 15.3. The molecule has 4 rings (SSSR count). The van der Waals surface area contributed by atoms with Gasteiger partial charge >= 0.3 is 0 Å². The standard InChI is InChI=1S/C21H22N4O2/c1-13-20-16(15-8-4-5-9-17(15)24-20)11-18(23-13)21(26)25-22-12-14-7-3-6-10-19(14)27-2/h3-10,12-13,18,23-24H,11H2,1-2H3,(H,25,26)/b22-12+/t13-,18-/m0/s1. The van der Waals surface area contributed by atoms with Crippen molar-refractivity contribution in [3.63, 3.8) is 0 Å². The predicted molar refractivity (Wildman–Crippen MR) is 106 cm³/mol. The number of aromatic nitrogens is 1. The highest BCUT2D eigenvalue weighted by atomic mass is 16.5. The van der Waals surface area contributed by atoms with Crippen molar-refractivity contribution in [1.82, 2.24) is 15.7 Å². The minimum absolute atomic E-state index is 0.0649. The Morgan fingerprint density at radius 1 is 1.22 bits per heavy atom. The fourth-order valence-corrected chi connectivity index (χ4v) is 3.64. The van der Waals surface area contributed by atoms with Crippen molar-refractivity contribution in [2.24, 2.45) is 5.10 Å². The van der Waals surface area contributed by atoms with Crippen LogP contribution in [0, 0.1) is 0 Å². The number of H-pyrrole nitrogens is 1. The first kappa shape index (κ1) is 17.3. The Hall–Kier alpha value is -3.12. The van der Waals surface area contributed by atoms with E-state index < -0.39 is 0 Å². The van der Waals surface area contributed by atoms with Gasteiger partial charge in [0, 0.05) is 28.2 Å². The van der Waals surface area contributed by atoms with Crippen LogP contribution in [0.25, 0.3) is 10.9 Å². The van der Waals surface area contributed by atoms with Gasteiger partial charge in [-0.1, -0.05) is 30.3 Å². The molecule has 6 heteroatoms. The van der Waals surface area contributed by atoms with Gasteiger partial charge in [0.25, 0.3) is 5.91 Å². The number of nitrogens with zero attached hydrogens (tertiary/aromatic N) is 1. The Bertz CT molecular complexity index is 1010. The molecular weight excluding hydrogens is 340 g/mol. The van der Waals surface area contributed by atoms with E-state index in [9.17, 15) is 4.79 Å². The van der Waals surface area contributed by atoms with Gasteiger partial charge in [0.1, 0.15) is 5.75 Å². The first-order valence-corrected chi connectivity index (χ1v) is 8.99. The van der Waals surface area contributed by atoms with E-state index in [1.54, 1.807) is 13.3 Å². The minimum atomic E-state index is -0.332. The number of nitrogens with one attached hydrogen (secondary N) is 3. The summed E-state index contributed by atoms with van der Waals surface area (Å²) >= 11 is 0. The second-order valence-corrected chi connectivity index (χ2v) is 6.68. The zero-order valence-corrected chi connectivity index (χ0v) is 15.3. The van der Waals surface area contributed by atoms with Crippen LogP contribution in [-0.4, -0.2) is 30.3 Å². The smallest absolute Gasteiger partial charge is 0.257 e. The fraction of sp³-hybridized carbons (Fsp3) is 0.238. The van der Waals surface area contributed by atoms with Crippen molar-refractivity contribution in [3.8, 4) is 5.75 Å². The van der Waals surface area contributed by atoms with Crippen LogP contribution in [0.15, 0.2) is 53.6 Å². The maximum absolute atomic E-state index is 12.6. The van der Waals surface area contributed by atoms with Gasteiger partial charge in [0.05, 0.1) is 19.4 Å². The topological polar surface area (TPSA) is 78.5 Å². The van der Waals surface area contributed by atoms with Crippen LogP contribution in [0.2, 0.25) is 0 Å². The first-order chi connectivity index (χ1) is 13.2. The molecule has 0 bridgehead atoms. The van der Waals surface area contributed by atoms with Crippen molar-refractivity contribution in [3.05, 3.63) is 65.4 Å². The third-order valence-electron chi connectivity index (χ3n) is 4.97. The number of benzene rings is 2. The highest BCUT2D eigenvalue weighted by Gasteiger charge is 2.30. The van der Waals surface area contributed by atoms with Crippen LogP contribution in [0.1, 0.15) is 29.8 Å². The van der Waals surface area contributed by atoms with Gasteiger partial charge in [0.2, 0.25) is 0 Å².